The lowest BCUT2D eigenvalue weighted by Gasteiger charge is -2.36. The highest BCUT2D eigenvalue weighted by Gasteiger charge is 2.37. The smallest absolute Gasteiger partial charge is 0.390 e. The maximum absolute atomic E-state index is 13.2. The average Bonchev–Trinajstić information content (AvgIpc) is 2.58. The van der Waals surface area contributed by atoms with Gasteiger partial charge in [-0.2, -0.15) is 13.2 Å². The predicted octanol–water partition coefficient (Wildman–Crippen LogP) is 3.45. The van der Waals surface area contributed by atoms with Crippen molar-refractivity contribution in [1.29, 1.82) is 0 Å². The van der Waals surface area contributed by atoms with Crippen molar-refractivity contribution in [3.63, 3.8) is 0 Å². The Morgan fingerprint density at radius 3 is 1.92 bits per heavy atom. The molecule has 0 aliphatic carbocycles. The standard InChI is InChI=1S/C16H23F3N2O3.2ClH/c1-22-13-9-15(24-3)14(23-2)8-11(13)12(10-16(17,18)19)21-6-4-20-5-7-21;;/h8-9,12,20H,4-7,10H2,1-3H3;2*1H/t12-;;/m1../s1. The van der Waals surface area contributed by atoms with E-state index in [1.165, 1.54) is 21.3 Å². The van der Waals surface area contributed by atoms with E-state index in [9.17, 15) is 13.2 Å². The lowest BCUT2D eigenvalue weighted by atomic mass is 9.99. The van der Waals surface area contributed by atoms with Gasteiger partial charge < -0.3 is 19.5 Å². The molecule has 1 aromatic carbocycles. The maximum atomic E-state index is 13.2. The number of alkyl halides is 3. The molecule has 1 aromatic rings. The number of benzene rings is 1. The summed E-state index contributed by atoms with van der Waals surface area (Å²) in [5.74, 6) is 1.17. The summed E-state index contributed by atoms with van der Waals surface area (Å²) in [7, 11) is 4.37. The van der Waals surface area contributed by atoms with Gasteiger partial charge in [0.1, 0.15) is 5.75 Å². The number of nitrogens with one attached hydrogen (secondary N) is 1. The Hall–Kier alpha value is -1.09. The van der Waals surface area contributed by atoms with Crippen LogP contribution in [0.3, 0.4) is 0 Å². The number of methoxy groups -OCH3 is 3. The molecule has 0 spiro atoms. The van der Waals surface area contributed by atoms with E-state index in [1.807, 2.05) is 4.90 Å². The van der Waals surface area contributed by atoms with Crippen LogP contribution in [0.1, 0.15) is 18.0 Å². The second kappa shape index (κ2) is 10.9. The Morgan fingerprint density at radius 2 is 1.46 bits per heavy atom. The van der Waals surface area contributed by atoms with E-state index in [0.717, 1.165) is 0 Å². The first-order valence-electron chi connectivity index (χ1n) is 7.71. The third-order valence-corrected chi connectivity index (χ3v) is 4.11. The normalized spacial score (nSPS) is 16.1. The fourth-order valence-corrected chi connectivity index (χ4v) is 2.96. The van der Waals surface area contributed by atoms with Crippen LogP contribution in [0.15, 0.2) is 12.1 Å². The van der Waals surface area contributed by atoms with E-state index in [-0.39, 0.29) is 24.8 Å². The molecule has 2 rings (SSSR count). The second-order valence-corrected chi connectivity index (χ2v) is 5.57. The van der Waals surface area contributed by atoms with Crippen LogP contribution in [-0.2, 0) is 0 Å². The highest BCUT2D eigenvalue weighted by atomic mass is 35.5. The first-order chi connectivity index (χ1) is 11.4. The van der Waals surface area contributed by atoms with Gasteiger partial charge in [0.05, 0.1) is 27.8 Å². The molecule has 1 heterocycles. The molecule has 1 aliphatic heterocycles. The minimum absolute atomic E-state index is 0. The van der Waals surface area contributed by atoms with E-state index < -0.39 is 18.6 Å². The average molecular weight is 421 g/mol. The first-order valence-corrected chi connectivity index (χ1v) is 7.71. The Balaban J connectivity index is 0.00000312. The molecule has 0 saturated carbocycles. The summed E-state index contributed by atoms with van der Waals surface area (Å²) in [5.41, 5.74) is 0.453. The minimum Gasteiger partial charge on any atom is -0.496 e. The van der Waals surface area contributed by atoms with Crippen LogP contribution in [0.25, 0.3) is 0 Å². The topological polar surface area (TPSA) is 43.0 Å². The number of ether oxygens (including phenoxy) is 3. The Morgan fingerprint density at radius 1 is 0.962 bits per heavy atom. The molecule has 1 fully saturated rings. The number of hydrogen-bond donors (Lipinski definition) is 1. The van der Waals surface area contributed by atoms with Crippen molar-refractivity contribution >= 4 is 24.8 Å². The number of halogens is 5. The number of hydrogen-bond acceptors (Lipinski definition) is 5. The van der Waals surface area contributed by atoms with Gasteiger partial charge in [-0.25, -0.2) is 0 Å². The van der Waals surface area contributed by atoms with Crippen molar-refractivity contribution in [1.82, 2.24) is 10.2 Å². The molecule has 1 N–H and O–H groups in total. The molecule has 0 amide bonds. The van der Waals surface area contributed by atoms with Gasteiger partial charge in [-0.1, -0.05) is 0 Å². The van der Waals surface area contributed by atoms with Gasteiger partial charge in [0.25, 0.3) is 0 Å². The number of nitrogens with zero attached hydrogens (tertiary/aromatic N) is 1. The molecule has 0 aromatic heterocycles. The third kappa shape index (κ3) is 6.26. The Bertz CT molecular complexity index is 556. The monoisotopic (exact) mass is 420 g/mol. The van der Waals surface area contributed by atoms with Gasteiger partial charge >= 0.3 is 6.18 Å². The van der Waals surface area contributed by atoms with Gasteiger partial charge in [0.2, 0.25) is 0 Å². The zero-order chi connectivity index (χ0) is 17.7. The molecule has 152 valence electrons. The van der Waals surface area contributed by atoms with Gasteiger partial charge in [-0.05, 0) is 6.07 Å². The van der Waals surface area contributed by atoms with Crippen molar-refractivity contribution in [3.8, 4) is 17.2 Å². The molecule has 5 nitrogen and oxygen atoms in total. The largest absolute Gasteiger partial charge is 0.496 e. The zero-order valence-electron chi connectivity index (χ0n) is 14.9. The lowest BCUT2D eigenvalue weighted by molar-refractivity contribution is -0.148. The molecule has 1 saturated heterocycles. The molecule has 10 heteroatoms. The highest BCUT2D eigenvalue weighted by molar-refractivity contribution is 5.85. The van der Waals surface area contributed by atoms with E-state index in [1.54, 1.807) is 12.1 Å². The Labute approximate surface area is 164 Å². The predicted molar refractivity (Wildman–Crippen MR) is 98.4 cm³/mol. The van der Waals surface area contributed by atoms with Gasteiger partial charge in [0.15, 0.2) is 11.5 Å². The summed E-state index contributed by atoms with van der Waals surface area (Å²) in [5, 5.41) is 3.15. The quantitative estimate of drug-likeness (QED) is 0.763. The highest BCUT2D eigenvalue weighted by Crippen LogP contribution is 2.43. The second-order valence-electron chi connectivity index (χ2n) is 5.57. The fraction of sp³-hybridized carbons (Fsp3) is 0.625. The molecule has 0 bridgehead atoms. The van der Waals surface area contributed by atoms with Crippen molar-refractivity contribution in [2.75, 3.05) is 47.5 Å². The molecule has 0 radical (unpaired) electrons. The fourth-order valence-electron chi connectivity index (χ4n) is 2.96. The molecule has 1 aliphatic rings. The van der Waals surface area contributed by atoms with Crippen LogP contribution in [0.5, 0.6) is 17.2 Å². The van der Waals surface area contributed by atoms with Crippen molar-refractivity contribution in [2.45, 2.75) is 18.6 Å². The van der Waals surface area contributed by atoms with Crippen LogP contribution in [0, 0.1) is 0 Å². The number of rotatable bonds is 6. The summed E-state index contributed by atoms with van der Waals surface area (Å²) in [6.45, 7) is 2.39. The SMILES string of the molecule is COc1cc(OC)c([C@@H](CC(F)(F)F)N2CCNCC2)cc1OC.Cl.Cl. The van der Waals surface area contributed by atoms with E-state index in [4.69, 9.17) is 14.2 Å². The zero-order valence-corrected chi connectivity index (χ0v) is 16.5. The van der Waals surface area contributed by atoms with Crippen LogP contribution in [-0.4, -0.2) is 58.6 Å². The van der Waals surface area contributed by atoms with Gasteiger partial charge in [0, 0.05) is 43.9 Å². The maximum Gasteiger partial charge on any atom is 0.390 e. The third-order valence-electron chi connectivity index (χ3n) is 4.11. The van der Waals surface area contributed by atoms with Gasteiger partial charge in [-0.15, -0.1) is 24.8 Å². The summed E-state index contributed by atoms with van der Waals surface area (Å²) in [6.07, 6.45) is -5.23. The van der Waals surface area contributed by atoms with E-state index in [2.05, 4.69) is 5.32 Å². The first kappa shape index (κ1) is 24.9. The molecule has 26 heavy (non-hydrogen) atoms. The molecular formula is C16H25Cl2F3N2O3. The molecular weight excluding hydrogens is 396 g/mol. The number of piperazine rings is 1. The Kier molecular flexibility index (Phi) is 10.5. The minimum atomic E-state index is -4.28. The lowest BCUT2D eigenvalue weighted by Crippen LogP contribution is -2.46. The van der Waals surface area contributed by atoms with Gasteiger partial charge in [-0.3, -0.25) is 4.90 Å². The van der Waals surface area contributed by atoms with Crippen LogP contribution in [0.2, 0.25) is 0 Å². The van der Waals surface area contributed by atoms with Crippen LogP contribution in [0.4, 0.5) is 13.2 Å². The summed E-state index contributed by atoms with van der Waals surface area (Å²) in [6, 6.07) is 2.32. The van der Waals surface area contributed by atoms with Crippen LogP contribution < -0.4 is 19.5 Å². The van der Waals surface area contributed by atoms with E-state index >= 15 is 0 Å². The molecule has 0 unspecified atom stereocenters. The molecule has 1 atom stereocenters. The van der Waals surface area contributed by atoms with Crippen molar-refractivity contribution < 1.29 is 27.4 Å². The van der Waals surface area contributed by atoms with Crippen molar-refractivity contribution in [3.05, 3.63) is 17.7 Å². The van der Waals surface area contributed by atoms with Crippen LogP contribution >= 0.6 is 24.8 Å². The van der Waals surface area contributed by atoms with Crippen molar-refractivity contribution in [2.24, 2.45) is 0 Å². The summed E-state index contributed by atoms with van der Waals surface area (Å²) >= 11 is 0. The summed E-state index contributed by atoms with van der Waals surface area (Å²) in [4.78, 5) is 1.83. The summed E-state index contributed by atoms with van der Waals surface area (Å²) < 4.78 is 55.3. The van der Waals surface area contributed by atoms with E-state index in [0.29, 0.717) is 49.0 Å².